The van der Waals surface area contributed by atoms with Crippen molar-refractivity contribution in [3.63, 3.8) is 0 Å². The highest BCUT2D eigenvalue weighted by Gasteiger charge is 2.32. The Morgan fingerprint density at radius 2 is 1.74 bits per heavy atom. The molecule has 0 unspecified atom stereocenters. The van der Waals surface area contributed by atoms with Crippen molar-refractivity contribution in [2.45, 2.75) is 13.1 Å². The Kier molecular flexibility index (Phi) is 5.55. The number of rotatable bonds is 5. The molecule has 4 nitrogen and oxygen atoms in total. The molecule has 0 atom stereocenters. The van der Waals surface area contributed by atoms with E-state index in [2.05, 4.69) is 20.0 Å². The highest BCUT2D eigenvalue weighted by atomic mass is 32.2. The maximum Gasteiger partial charge on any atom is 0.433 e. The molecule has 1 heterocycles. The lowest BCUT2D eigenvalue weighted by Gasteiger charge is -2.12. The Bertz CT molecular complexity index is 944. The number of halogens is 3. The van der Waals surface area contributed by atoms with Gasteiger partial charge in [-0.3, -0.25) is 0 Å². The zero-order valence-corrected chi connectivity index (χ0v) is 15.4. The van der Waals surface area contributed by atoms with Gasteiger partial charge in [0.2, 0.25) is 5.95 Å². The minimum atomic E-state index is -4.51. The molecule has 0 radical (unpaired) electrons. The molecule has 27 heavy (non-hydrogen) atoms. The van der Waals surface area contributed by atoms with Crippen LogP contribution >= 0.6 is 11.9 Å². The SMILES string of the molecule is CSNc1cccc(-c2cc(C)cc(Nc3nccc(C(F)(F)F)n3)c2)c1. The largest absolute Gasteiger partial charge is 0.433 e. The molecule has 0 saturated carbocycles. The van der Waals surface area contributed by atoms with Crippen LogP contribution in [-0.2, 0) is 6.18 Å². The molecule has 3 rings (SSSR count). The number of benzene rings is 2. The third-order valence-electron chi connectivity index (χ3n) is 3.70. The topological polar surface area (TPSA) is 49.8 Å². The molecule has 0 saturated heterocycles. The summed E-state index contributed by atoms with van der Waals surface area (Å²) in [5, 5.41) is 2.87. The van der Waals surface area contributed by atoms with Crippen LogP contribution in [0.3, 0.4) is 0 Å². The van der Waals surface area contributed by atoms with Gasteiger partial charge in [-0.05, 0) is 53.9 Å². The Hall–Kier alpha value is -2.74. The lowest BCUT2D eigenvalue weighted by molar-refractivity contribution is -0.141. The first-order valence-electron chi connectivity index (χ1n) is 8.03. The van der Waals surface area contributed by atoms with Gasteiger partial charge in [0, 0.05) is 23.8 Å². The molecule has 0 aliphatic carbocycles. The standard InChI is InChI=1S/C19H17F3N4S/c1-12-8-14(13-4-3-5-15(10-13)26-27-2)11-16(9-12)24-18-23-7-6-17(25-18)19(20,21)22/h3-11,26H,1-2H3,(H,23,24,25). The molecule has 0 amide bonds. The van der Waals surface area contributed by atoms with E-state index < -0.39 is 11.9 Å². The molecule has 0 aliphatic rings. The van der Waals surface area contributed by atoms with Gasteiger partial charge in [-0.25, -0.2) is 9.97 Å². The van der Waals surface area contributed by atoms with E-state index in [0.29, 0.717) is 5.69 Å². The van der Waals surface area contributed by atoms with E-state index in [9.17, 15) is 13.2 Å². The number of alkyl halides is 3. The maximum atomic E-state index is 12.8. The van der Waals surface area contributed by atoms with Crippen LogP contribution < -0.4 is 10.0 Å². The molecular weight excluding hydrogens is 373 g/mol. The Labute approximate surface area is 159 Å². The second-order valence-corrected chi connectivity index (χ2v) is 6.48. The van der Waals surface area contributed by atoms with E-state index in [1.54, 1.807) is 0 Å². The van der Waals surface area contributed by atoms with Gasteiger partial charge in [-0.1, -0.05) is 30.1 Å². The molecule has 2 aromatic carbocycles. The number of aryl methyl sites for hydroxylation is 1. The van der Waals surface area contributed by atoms with E-state index >= 15 is 0 Å². The van der Waals surface area contributed by atoms with Gasteiger partial charge < -0.3 is 10.0 Å². The first kappa shape index (κ1) is 19.0. The monoisotopic (exact) mass is 390 g/mol. The quantitative estimate of drug-likeness (QED) is 0.531. The Morgan fingerprint density at radius 1 is 0.963 bits per heavy atom. The number of anilines is 3. The van der Waals surface area contributed by atoms with Crippen molar-refractivity contribution in [2.75, 3.05) is 16.3 Å². The second-order valence-electron chi connectivity index (χ2n) is 5.86. The number of nitrogens with zero attached hydrogens (tertiary/aromatic N) is 2. The summed E-state index contributed by atoms with van der Waals surface area (Å²) in [6.45, 7) is 1.92. The van der Waals surface area contributed by atoms with Crippen LogP contribution in [0.4, 0.5) is 30.5 Å². The zero-order chi connectivity index (χ0) is 19.4. The van der Waals surface area contributed by atoms with E-state index in [0.717, 1.165) is 34.6 Å². The summed E-state index contributed by atoms with van der Waals surface area (Å²) < 4.78 is 41.7. The highest BCUT2D eigenvalue weighted by molar-refractivity contribution is 7.99. The van der Waals surface area contributed by atoms with Crippen molar-refractivity contribution >= 4 is 29.3 Å². The normalized spacial score (nSPS) is 11.3. The summed E-state index contributed by atoms with van der Waals surface area (Å²) in [6.07, 6.45) is -1.48. The first-order chi connectivity index (χ1) is 12.8. The summed E-state index contributed by atoms with van der Waals surface area (Å²) in [4.78, 5) is 7.43. The first-order valence-corrected chi connectivity index (χ1v) is 9.26. The summed E-state index contributed by atoms with van der Waals surface area (Å²) in [7, 11) is 0. The molecule has 0 aliphatic heterocycles. The molecule has 0 fully saturated rings. The van der Waals surface area contributed by atoms with Gasteiger partial charge in [0.25, 0.3) is 0 Å². The number of aromatic nitrogens is 2. The van der Waals surface area contributed by atoms with E-state index in [1.165, 1.54) is 11.9 Å². The second kappa shape index (κ2) is 7.87. The summed E-state index contributed by atoms with van der Waals surface area (Å²) in [5.74, 6) is -0.0980. The van der Waals surface area contributed by atoms with Crippen LogP contribution in [0, 0.1) is 6.92 Å². The third kappa shape index (κ3) is 4.91. The molecular formula is C19H17F3N4S. The van der Waals surface area contributed by atoms with Crippen LogP contribution in [0.5, 0.6) is 0 Å². The molecule has 140 valence electrons. The average molecular weight is 390 g/mol. The Morgan fingerprint density at radius 3 is 2.48 bits per heavy atom. The van der Waals surface area contributed by atoms with Crippen LogP contribution in [0.1, 0.15) is 11.3 Å². The van der Waals surface area contributed by atoms with Crippen LogP contribution in [-0.4, -0.2) is 16.2 Å². The van der Waals surface area contributed by atoms with Gasteiger partial charge in [0.05, 0.1) is 0 Å². The molecule has 2 N–H and O–H groups in total. The number of hydrogen-bond donors (Lipinski definition) is 2. The lowest BCUT2D eigenvalue weighted by atomic mass is 10.0. The van der Waals surface area contributed by atoms with Gasteiger partial charge in [0.1, 0.15) is 5.69 Å². The van der Waals surface area contributed by atoms with Crippen LogP contribution in [0.15, 0.2) is 54.7 Å². The van der Waals surface area contributed by atoms with Gasteiger partial charge in [0.15, 0.2) is 0 Å². The molecule has 8 heteroatoms. The van der Waals surface area contributed by atoms with Crippen molar-refractivity contribution in [1.29, 1.82) is 0 Å². The van der Waals surface area contributed by atoms with Crippen molar-refractivity contribution in [3.8, 4) is 11.1 Å². The maximum absolute atomic E-state index is 12.8. The van der Waals surface area contributed by atoms with Crippen LogP contribution in [0.2, 0.25) is 0 Å². The van der Waals surface area contributed by atoms with Crippen molar-refractivity contribution in [1.82, 2.24) is 9.97 Å². The summed E-state index contributed by atoms with van der Waals surface area (Å²) in [6, 6.07) is 14.4. The fraction of sp³-hybridized carbons (Fsp3) is 0.158. The third-order valence-corrected chi connectivity index (χ3v) is 4.14. The van der Waals surface area contributed by atoms with Crippen molar-refractivity contribution in [3.05, 3.63) is 66.0 Å². The van der Waals surface area contributed by atoms with Gasteiger partial charge in [-0.15, -0.1) is 0 Å². The summed E-state index contributed by atoms with van der Waals surface area (Å²) in [5.41, 5.74) is 3.50. The van der Waals surface area contributed by atoms with Crippen molar-refractivity contribution < 1.29 is 13.2 Å². The minimum absolute atomic E-state index is 0.0980. The Balaban J connectivity index is 1.91. The van der Waals surface area contributed by atoms with E-state index in [1.807, 2.05) is 55.6 Å². The molecule has 3 aromatic rings. The smallest absolute Gasteiger partial charge is 0.330 e. The minimum Gasteiger partial charge on any atom is -0.330 e. The zero-order valence-electron chi connectivity index (χ0n) is 14.6. The average Bonchev–Trinajstić information content (AvgIpc) is 2.61. The van der Waals surface area contributed by atoms with Gasteiger partial charge >= 0.3 is 6.18 Å². The lowest BCUT2D eigenvalue weighted by Crippen LogP contribution is -2.10. The number of nitrogens with one attached hydrogen (secondary N) is 2. The fourth-order valence-electron chi connectivity index (χ4n) is 2.61. The molecule has 0 bridgehead atoms. The predicted molar refractivity (Wildman–Crippen MR) is 104 cm³/mol. The summed E-state index contributed by atoms with van der Waals surface area (Å²) >= 11 is 1.50. The molecule has 0 spiro atoms. The van der Waals surface area contributed by atoms with Gasteiger partial charge in [-0.2, -0.15) is 13.2 Å². The molecule has 1 aromatic heterocycles. The van der Waals surface area contributed by atoms with Crippen LogP contribution in [0.25, 0.3) is 11.1 Å². The van der Waals surface area contributed by atoms with Crippen molar-refractivity contribution in [2.24, 2.45) is 0 Å². The van der Waals surface area contributed by atoms with E-state index in [-0.39, 0.29) is 5.95 Å². The fourth-order valence-corrected chi connectivity index (χ4v) is 2.97. The highest BCUT2D eigenvalue weighted by Crippen LogP contribution is 2.30. The van der Waals surface area contributed by atoms with E-state index in [4.69, 9.17) is 0 Å². The number of hydrogen-bond acceptors (Lipinski definition) is 5. The predicted octanol–water partition coefficient (Wildman–Crippen LogP) is 5.90.